The highest BCUT2D eigenvalue weighted by Crippen LogP contribution is 2.37. The zero-order chi connectivity index (χ0) is 13.9. The summed E-state index contributed by atoms with van der Waals surface area (Å²) in [6, 6.07) is 9.19. The van der Waals surface area contributed by atoms with Gasteiger partial charge in [0.25, 0.3) is 0 Å². The smallest absolute Gasteiger partial charge is 0.0504 e. The zero-order valence-corrected chi connectivity index (χ0v) is 12.9. The molecule has 0 radical (unpaired) electrons. The lowest BCUT2D eigenvalue weighted by molar-refractivity contribution is 0.0870. The lowest BCUT2D eigenvalue weighted by Crippen LogP contribution is -2.52. The van der Waals surface area contributed by atoms with Gasteiger partial charge in [0, 0.05) is 5.54 Å². The van der Waals surface area contributed by atoms with Crippen molar-refractivity contribution in [2.24, 2.45) is 0 Å². The molecule has 0 aliphatic carbocycles. The van der Waals surface area contributed by atoms with Crippen LogP contribution < -0.4 is 5.32 Å². The van der Waals surface area contributed by atoms with Crippen molar-refractivity contribution in [2.75, 3.05) is 20.1 Å². The maximum absolute atomic E-state index is 3.59. The predicted molar refractivity (Wildman–Crippen MR) is 82.5 cm³/mol. The van der Waals surface area contributed by atoms with Crippen molar-refractivity contribution >= 4 is 0 Å². The lowest BCUT2D eigenvalue weighted by Gasteiger charge is -2.45. The van der Waals surface area contributed by atoms with Crippen LogP contribution in [0.5, 0.6) is 0 Å². The fourth-order valence-electron chi connectivity index (χ4n) is 3.55. The summed E-state index contributed by atoms with van der Waals surface area (Å²) < 4.78 is 0. The highest BCUT2D eigenvalue weighted by Gasteiger charge is 2.39. The monoisotopic (exact) mass is 260 g/mol. The highest BCUT2D eigenvalue weighted by atomic mass is 15.2. The Kier molecular flexibility index (Phi) is 4.64. The average Bonchev–Trinajstić information content (AvgIpc) is 2.96. The molecule has 1 aliphatic rings. The van der Waals surface area contributed by atoms with E-state index in [1.165, 1.54) is 43.5 Å². The van der Waals surface area contributed by atoms with E-state index in [-0.39, 0.29) is 5.54 Å². The number of hydrogen-bond acceptors (Lipinski definition) is 2. The van der Waals surface area contributed by atoms with Gasteiger partial charge in [0.15, 0.2) is 0 Å². The van der Waals surface area contributed by atoms with Gasteiger partial charge in [0.1, 0.15) is 0 Å². The molecule has 2 rings (SSSR count). The van der Waals surface area contributed by atoms with Crippen molar-refractivity contribution in [1.29, 1.82) is 0 Å². The molecule has 2 unspecified atom stereocenters. The summed E-state index contributed by atoms with van der Waals surface area (Å²) >= 11 is 0. The van der Waals surface area contributed by atoms with Gasteiger partial charge < -0.3 is 5.32 Å². The number of likely N-dealkylation sites (tertiary alicyclic amines) is 1. The summed E-state index contributed by atoms with van der Waals surface area (Å²) in [5.41, 5.74) is 3.04. The first-order valence-electron chi connectivity index (χ1n) is 7.61. The van der Waals surface area contributed by atoms with Crippen molar-refractivity contribution in [3.05, 3.63) is 35.4 Å². The summed E-state index contributed by atoms with van der Waals surface area (Å²) in [6.45, 7) is 9.45. The first-order chi connectivity index (χ1) is 9.13. The van der Waals surface area contributed by atoms with Gasteiger partial charge in [-0.15, -0.1) is 0 Å². The molecule has 106 valence electrons. The molecule has 0 aromatic heterocycles. The number of aryl methyl sites for hydroxylation is 1. The van der Waals surface area contributed by atoms with E-state index in [0.29, 0.717) is 6.04 Å². The lowest BCUT2D eigenvalue weighted by atomic mass is 9.81. The molecule has 1 heterocycles. The van der Waals surface area contributed by atoms with Crippen LogP contribution in [0.4, 0.5) is 0 Å². The molecule has 19 heavy (non-hydrogen) atoms. The van der Waals surface area contributed by atoms with Crippen molar-refractivity contribution in [2.45, 2.75) is 51.6 Å². The summed E-state index contributed by atoms with van der Waals surface area (Å²) in [6.07, 6.45) is 3.87. The molecule has 1 aromatic rings. The Bertz CT molecular complexity index is 409. The van der Waals surface area contributed by atoms with Gasteiger partial charge in [-0.25, -0.2) is 0 Å². The minimum Gasteiger partial charge on any atom is -0.311 e. The van der Waals surface area contributed by atoms with Crippen LogP contribution in [0.15, 0.2) is 24.3 Å². The molecule has 0 bridgehead atoms. The third kappa shape index (κ3) is 2.70. The second-order valence-corrected chi connectivity index (χ2v) is 5.98. The van der Waals surface area contributed by atoms with Crippen LogP contribution in [0.2, 0.25) is 0 Å². The van der Waals surface area contributed by atoms with Gasteiger partial charge in [-0.3, -0.25) is 4.90 Å². The van der Waals surface area contributed by atoms with Crippen LogP contribution in [0.1, 0.15) is 50.3 Å². The van der Waals surface area contributed by atoms with Crippen LogP contribution in [-0.4, -0.2) is 30.6 Å². The van der Waals surface area contributed by atoms with Crippen LogP contribution >= 0.6 is 0 Å². The Morgan fingerprint density at radius 1 is 1.26 bits per heavy atom. The summed E-state index contributed by atoms with van der Waals surface area (Å²) in [4.78, 5) is 2.68. The second-order valence-electron chi connectivity index (χ2n) is 5.98. The van der Waals surface area contributed by atoms with E-state index in [2.05, 4.69) is 62.3 Å². The summed E-state index contributed by atoms with van der Waals surface area (Å²) in [7, 11) is 2.10. The van der Waals surface area contributed by atoms with E-state index in [9.17, 15) is 0 Å². The number of benzene rings is 1. The number of hydrogen-bond donors (Lipinski definition) is 1. The van der Waals surface area contributed by atoms with E-state index < -0.39 is 0 Å². The first kappa shape index (κ1) is 14.5. The number of likely N-dealkylation sites (N-methyl/N-ethyl adjacent to an activating group) is 1. The molecule has 1 N–H and O–H groups in total. The van der Waals surface area contributed by atoms with E-state index in [0.717, 1.165) is 0 Å². The van der Waals surface area contributed by atoms with Crippen molar-refractivity contribution in [3.63, 3.8) is 0 Å². The quantitative estimate of drug-likeness (QED) is 0.871. The third-order valence-electron chi connectivity index (χ3n) is 4.95. The molecule has 1 aliphatic heterocycles. The number of nitrogens with one attached hydrogen (secondary N) is 1. The highest BCUT2D eigenvalue weighted by molar-refractivity contribution is 5.31. The van der Waals surface area contributed by atoms with Crippen LogP contribution in [-0.2, 0) is 0 Å². The molecule has 1 aromatic carbocycles. The Hall–Kier alpha value is -0.860. The molecule has 2 nitrogen and oxygen atoms in total. The molecule has 0 spiro atoms. The molecule has 0 saturated carbocycles. The SMILES string of the molecule is CCC(C)(C(NC)c1ccccc1C)N1CCCC1. The van der Waals surface area contributed by atoms with Crippen molar-refractivity contribution in [3.8, 4) is 0 Å². The minimum atomic E-state index is 0.206. The maximum atomic E-state index is 3.59. The van der Waals surface area contributed by atoms with Crippen molar-refractivity contribution < 1.29 is 0 Å². The summed E-state index contributed by atoms with van der Waals surface area (Å²) in [5, 5.41) is 3.59. The van der Waals surface area contributed by atoms with E-state index in [1.807, 2.05) is 0 Å². The molecule has 0 amide bonds. The first-order valence-corrected chi connectivity index (χ1v) is 7.61. The van der Waals surface area contributed by atoms with E-state index in [1.54, 1.807) is 0 Å². The van der Waals surface area contributed by atoms with Crippen LogP contribution in [0.3, 0.4) is 0 Å². The topological polar surface area (TPSA) is 15.3 Å². The Balaban J connectivity index is 2.35. The van der Waals surface area contributed by atoms with Gasteiger partial charge in [-0.05, 0) is 64.4 Å². The van der Waals surface area contributed by atoms with Gasteiger partial charge in [-0.1, -0.05) is 31.2 Å². The predicted octanol–water partition coefficient (Wildman–Crippen LogP) is 3.52. The number of nitrogens with zero attached hydrogens (tertiary/aromatic N) is 1. The average molecular weight is 260 g/mol. The van der Waals surface area contributed by atoms with Crippen LogP contribution in [0, 0.1) is 6.92 Å². The number of rotatable bonds is 5. The third-order valence-corrected chi connectivity index (χ3v) is 4.95. The second kappa shape index (κ2) is 6.06. The molecule has 2 heteroatoms. The Morgan fingerprint density at radius 3 is 2.42 bits per heavy atom. The zero-order valence-electron chi connectivity index (χ0n) is 12.9. The van der Waals surface area contributed by atoms with Gasteiger partial charge in [0.05, 0.1) is 6.04 Å². The minimum absolute atomic E-state index is 0.206. The van der Waals surface area contributed by atoms with Crippen molar-refractivity contribution in [1.82, 2.24) is 10.2 Å². The van der Waals surface area contributed by atoms with E-state index >= 15 is 0 Å². The Labute approximate surface area is 118 Å². The fourth-order valence-corrected chi connectivity index (χ4v) is 3.55. The molecular formula is C17H28N2. The van der Waals surface area contributed by atoms with Crippen LogP contribution in [0.25, 0.3) is 0 Å². The normalized spacial score (nSPS) is 21.3. The molecule has 1 fully saturated rings. The standard InChI is InChI=1S/C17H28N2/c1-5-17(3,19-12-8-9-13-19)16(18-4)15-11-7-6-10-14(15)2/h6-7,10-11,16,18H,5,8-9,12-13H2,1-4H3. The van der Waals surface area contributed by atoms with Gasteiger partial charge in [0.2, 0.25) is 0 Å². The van der Waals surface area contributed by atoms with E-state index in [4.69, 9.17) is 0 Å². The maximum Gasteiger partial charge on any atom is 0.0504 e. The molecule has 2 atom stereocenters. The largest absolute Gasteiger partial charge is 0.311 e. The van der Waals surface area contributed by atoms with Gasteiger partial charge >= 0.3 is 0 Å². The fraction of sp³-hybridized carbons (Fsp3) is 0.647. The summed E-state index contributed by atoms with van der Waals surface area (Å²) in [5.74, 6) is 0. The molecular weight excluding hydrogens is 232 g/mol. The van der Waals surface area contributed by atoms with Gasteiger partial charge in [-0.2, -0.15) is 0 Å². The Morgan fingerprint density at radius 2 is 1.89 bits per heavy atom. The molecule has 1 saturated heterocycles.